The molecule has 43 heavy (non-hydrogen) atoms. The van der Waals surface area contributed by atoms with Gasteiger partial charge >= 0.3 is 0 Å². The number of para-hydroxylation sites is 1. The van der Waals surface area contributed by atoms with Crippen molar-refractivity contribution in [3.8, 4) is 5.75 Å². The number of aliphatic hydroxyl groups excluding tert-OH is 1. The smallest absolute Gasteiger partial charge is 0.295 e. The number of ether oxygens (including phenoxy) is 1. The summed E-state index contributed by atoms with van der Waals surface area (Å²) in [5.41, 5.74) is -1.29. The summed E-state index contributed by atoms with van der Waals surface area (Å²) >= 11 is 0. The monoisotopic (exact) mass is 574 g/mol. The first-order valence-electron chi connectivity index (χ1n) is 14.0. The third-order valence-electron chi connectivity index (χ3n) is 8.15. The quantitative estimate of drug-likeness (QED) is 0.387. The van der Waals surface area contributed by atoms with Crippen molar-refractivity contribution in [1.29, 1.82) is 0 Å². The topological polar surface area (TPSA) is 104 Å². The van der Waals surface area contributed by atoms with Gasteiger partial charge in [0.05, 0.1) is 18.3 Å². The summed E-state index contributed by atoms with van der Waals surface area (Å²) < 4.78 is 5.29. The summed E-state index contributed by atoms with van der Waals surface area (Å²) in [7, 11) is 1.50. The van der Waals surface area contributed by atoms with Crippen LogP contribution in [-0.4, -0.2) is 41.1 Å². The Morgan fingerprint density at radius 1 is 0.860 bits per heavy atom. The normalized spacial score (nSPS) is 21.4. The van der Waals surface area contributed by atoms with Gasteiger partial charge < -0.3 is 9.84 Å². The molecule has 3 aliphatic rings. The van der Waals surface area contributed by atoms with Gasteiger partial charge in [-0.1, -0.05) is 68.5 Å². The minimum Gasteiger partial charge on any atom is -0.503 e. The van der Waals surface area contributed by atoms with Gasteiger partial charge in [0, 0.05) is 23.5 Å². The molecule has 1 atom stereocenters. The van der Waals surface area contributed by atoms with E-state index < -0.39 is 39.9 Å². The van der Waals surface area contributed by atoms with Crippen LogP contribution < -0.4 is 14.5 Å². The molecule has 1 spiro atoms. The number of amides is 2. The molecular formula is C35H30N2O6. The van der Waals surface area contributed by atoms with Crippen molar-refractivity contribution < 1.29 is 29.0 Å². The molecule has 1 N–H and O–H groups in total. The molecule has 0 fully saturated rings. The zero-order valence-electron chi connectivity index (χ0n) is 24.0. The van der Waals surface area contributed by atoms with Gasteiger partial charge in [0.1, 0.15) is 5.75 Å². The van der Waals surface area contributed by atoms with Crippen LogP contribution in [0, 0.1) is 5.41 Å². The fourth-order valence-corrected chi connectivity index (χ4v) is 6.38. The number of rotatable bonds is 6. The lowest BCUT2D eigenvalue weighted by Gasteiger charge is -2.38. The van der Waals surface area contributed by atoms with E-state index in [1.165, 1.54) is 18.1 Å². The molecule has 3 aromatic rings. The minimum atomic E-state index is -2.22. The van der Waals surface area contributed by atoms with Crippen molar-refractivity contribution in [2.75, 3.05) is 16.9 Å². The van der Waals surface area contributed by atoms with Crippen LogP contribution in [0.2, 0.25) is 0 Å². The molecule has 6 rings (SSSR count). The molecule has 2 aliphatic heterocycles. The standard InChI is InChI=1S/C35H30N2O6/c1-34(2)20-26-29(28(39)21-34)35(33(42)36(26)23-12-8-5-9-13-23)30(27(38)19-14-22-10-6-4-7-11-22)31(40)32(41)37(35)24-15-17-25(43-3)18-16-24/h4-19,40H,20-21H2,1-3H3. The number of hydrogen-bond acceptors (Lipinski definition) is 6. The van der Waals surface area contributed by atoms with Crippen LogP contribution in [0.15, 0.2) is 114 Å². The average molecular weight is 575 g/mol. The van der Waals surface area contributed by atoms with E-state index in [0.29, 0.717) is 29.1 Å². The maximum atomic E-state index is 15.0. The first-order valence-corrected chi connectivity index (χ1v) is 14.0. The lowest BCUT2D eigenvalue weighted by atomic mass is 9.70. The second-order valence-corrected chi connectivity index (χ2v) is 11.6. The van der Waals surface area contributed by atoms with Crippen LogP contribution >= 0.6 is 0 Å². The van der Waals surface area contributed by atoms with E-state index in [4.69, 9.17) is 4.74 Å². The summed E-state index contributed by atoms with van der Waals surface area (Å²) in [6.07, 6.45) is 3.20. The Balaban J connectivity index is 1.64. The number of methoxy groups -OCH3 is 1. The maximum Gasteiger partial charge on any atom is 0.295 e. The van der Waals surface area contributed by atoms with Crippen molar-refractivity contribution in [2.45, 2.75) is 32.2 Å². The Bertz CT molecular complexity index is 1750. The third kappa shape index (κ3) is 4.29. The first-order chi connectivity index (χ1) is 20.6. The van der Waals surface area contributed by atoms with E-state index in [9.17, 15) is 19.5 Å². The van der Waals surface area contributed by atoms with Crippen LogP contribution in [0.4, 0.5) is 11.4 Å². The molecule has 0 aromatic heterocycles. The number of hydrogen-bond donors (Lipinski definition) is 1. The summed E-state index contributed by atoms with van der Waals surface area (Å²) in [5, 5.41) is 11.4. The van der Waals surface area contributed by atoms with Gasteiger partial charge in [0.25, 0.3) is 11.8 Å². The summed E-state index contributed by atoms with van der Waals surface area (Å²) in [5.74, 6) is -3.11. The lowest BCUT2D eigenvalue weighted by Crippen LogP contribution is -2.58. The fourth-order valence-electron chi connectivity index (χ4n) is 6.38. The number of nitrogens with zero attached hydrogens (tertiary/aromatic N) is 2. The molecule has 1 aliphatic carbocycles. The van der Waals surface area contributed by atoms with Gasteiger partial charge in [-0.3, -0.25) is 29.0 Å². The largest absolute Gasteiger partial charge is 0.503 e. The molecule has 2 amide bonds. The molecule has 216 valence electrons. The average Bonchev–Trinajstić information content (AvgIpc) is 3.38. The van der Waals surface area contributed by atoms with Crippen LogP contribution in [0.5, 0.6) is 5.75 Å². The second-order valence-electron chi connectivity index (χ2n) is 11.6. The number of benzene rings is 3. The molecule has 8 heteroatoms. The Hall–Kier alpha value is -5.24. The summed E-state index contributed by atoms with van der Waals surface area (Å²) in [4.78, 5) is 59.9. The highest BCUT2D eigenvalue weighted by Crippen LogP contribution is 2.56. The zero-order chi connectivity index (χ0) is 30.5. The molecule has 0 bridgehead atoms. The Kier molecular flexibility index (Phi) is 6.64. The number of Topliss-reactive ketones (excluding diaryl/α,β-unsaturated/α-hetero) is 1. The van der Waals surface area contributed by atoms with Gasteiger partial charge in [-0.25, -0.2) is 0 Å². The number of aliphatic hydroxyl groups is 1. The fraction of sp³-hybridized carbons (Fsp3) is 0.200. The van der Waals surface area contributed by atoms with E-state index in [2.05, 4.69) is 0 Å². The molecule has 0 saturated heterocycles. The Labute approximate surface area is 249 Å². The molecular weight excluding hydrogens is 544 g/mol. The minimum absolute atomic E-state index is 0.0327. The van der Waals surface area contributed by atoms with Crippen molar-refractivity contribution in [3.63, 3.8) is 0 Å². The number of carbonyl (C=O) groups excluding carboxylic acids is 4. The van der Waals surface area contributed by atoms with Crippen LogP contribution in [-0.2, 0) is 19.2 Å². The zero-order valence-corrected chi connectivity index (χ0v) is 24.0. The number of allylic oxidation sites excluding steroid dienone is 2. The van der Waals surface area contributed by atoms with E-state index >= 15 is 4.79 Å². The second kappa shape index (κ2) is 10.2. The predicted molar refractivity (Wildman–Crippen MR) is 162 cm³/mol. The summed E-state index contributed by atoms with van der Waals surface area (Å²) in [6.45, 7) is 3.88. The third-order valence-corrected chi connectivity index (χ3v) is 8.15. The number of carbonyl (C=O) groups is 4. The van der Waals surface area contributed by atoms with E-state index in [1.54, 1.807) is 66.7 Å². The van der Waals surface area contributed by atoms with E-state index in [-0.39, 0.29) is 23.5 Å². The highest BCUT2D eigenvalue weighted by molar-refractivity contribution is 6.35. The van der Waals surface area contributed by atoms with Crippen molar-refractivity contribution in [2.24, 2.45) is 5.41 Å². The van der Waals surface area contributed by atoms with Gasteiger partial charge in [-0.15, -0.1) is 0 Å². The highest BCUT2D eigenvalue weighted by Gasteiger charge is 2.69. The Morgan fingerprint density at radius 3 is 2.12 bits per heavy atom. The molecule has 0 saturated carbocycles. The van der Waals surface area contributed by atoms with Crippen molar-refractivity contribution >= 4 is 40.8 Å². The predicted octanol–water partition coefficient (Wildman–Crippen LogP) is 5.57. The van der Waals surface area contributed by atoms with Gasteiger partial charge in [0.2, 0.25) is 0 Å². The van der Waals surface area contributed by atoms with E-state index in [1.807, 2.05) is 38.1 Å². The van der Waals surface area contributed by atoms with Gasteiger partial charge in [-0.05, 0) is 59.9 Å². The van der Waals surface area contributed by atoms with Gasteiger partial charge in [0.15, 0.2) is 22.9 Å². The molecule has 3 aromatic carbocycles. The maximum absolute atomic E-state index is 15.0. The molecule has 0 radical (unpaired) electrons. The van der Waals surface area contributed by atoms with Crippen LogP contribution in [0.3, 0.4) is 0 Å². The highest BCUT2D eigenvalue weighted by atomic mass is 16.5. The number of ketones is 2. The SMILES string of the molecule is COc1ccc(N2C(=O)C(O)=C(C(=O)C=Cc3ccccc3)C23C(=O)N(c2ccccc2)C2=C3C(=O)CC(C)(C)C2)cc1. The Morgan fingerprint density at radius 2 is 1.49 bits per heavy atom. The molecule has 1 unspecified atom stereocenters. The number of anilines is 2. The van der Waals surface area contributed by atoms with Crippen molar-refractivity contribution in [3.05, 3.63) is 119 Å². The summed E-state index contributed by atoms with van der Waals surface area (Å²) in [6, 6.07) is 24.2. The van der Waals surface area contributed by atoms with E-state index in [0.717, 1.165) is 4.90 Å². The van der Waals surface area contributed by atoms with Crippen molar-refractivity contribution in [1.82, 2.24) is 0 Å². The van der Waals surface area contributed by atoms with Crippen LogP contribution in [0.25, 0.3) is 6.08 Å². The molecule has 2 heterocycles. The number of fused-ring (bicyclic) bond motifs is 1. The van der Waals surface area contributed by atoms with Crippen LogP contribution in [0.1, 0.15) is 32.3 Å². The van der Waals surface area contributed by atoms with Gasteiger partial charge in [-0.2, -0.15) is 0 Å². The lowest BCUT2D eigenvalue weighted by molar-refractivity contribution is -0.125. The first kappa shape index (κ1) is 27.9. The molecule has 8 nitrogen and oxygen atoms in total.